The van der Waals surface area contributed by atoms with Gasteiger partial charge < -0.3 is 9.47 Å². The largest absolute Gasteiger partial charge is 0.508 e. The minimum Gasteiger partial charge on any atom is -0.428 e. The van der Waals surface area contributed by atoms with Crippen LogP contribution in [0.4, 0.5) is 79.4 Å². The van der Waals surface area contributed by atoms with Crippen molar-refractivity contribution in [3.63, 3.8) is 0 Å². The van der Waals surface area contributed by atoms with Gasteiger partial charge in [-0.15, -0.1) is 0 Å². The van der Waals surface area contributed by atoms with E-state index in [0.717, 1.165) is 0 Å². The van der Waals surface area contributed by atoms with Gasteiger partial charge in [0, 0.05) is 0 Å². The quantitative estimate of drug-likeness (QED) is 0.308. The van der Waals surface area contributed by atoms with Gasteiger partial charge in [-0.3, -0.25) is 0 Å². The van der Waals surface area contributed by atoms with E-state index in [4.69, 9.17) is 0 Å². The van der Waals surface area contributed by atoms with Crippen molar-refractivity contribution in [3.8, 4) is 0 Å². The van der Waals surface area contributed by atoms with E-state index in [1.165, 1.54) is 0 Å². The molecule has 0 saturated carbocycles. The molecular weight excluding hydrogens is 503 g/mol. The molecule has 0 rings (SSSR count). The number of hydrogen-bond donors (Lipinski definition) is 0. The number of rotatable bonds is 8. The second-order valence-corrected chi connectivity index (χ2v) is 5.42. The predicted molar refractivity (Wildman–Crippen MR) is 59.0 cm³/mol. The summed E-state index contributed by atoms with van der Waals surface area (Å²) in [5, 5.41) is 0. The van der Waals surface area contributed by atoms with Crippen molar-refractivity contribution in [2.45, 2.75) is 48.1 Å². The zero-order valence-corrected chi connectivity index (χ0v) is 13.6. The molecule has 0 fully saturated rings. The third-order valence-electron chi connectivity index (χ3n) is 3.02. The van der Waals surface area contributed by atoms with E-state index in [1.54, 1.807) is 0 Å². The first-order chi connectivity index (χ1) is 13.3. The van der Waals surface area contributed by atoms with Crippen LogP contribution in [0.5, 0.6) is 0 Å². The summed E-state index contributed by atoms with van der Waals surface area (Å²) in [7, 11) is 0. The van der Waals surface area contributed by atoms with Crippen LogP contribution in [0.2, 0.25) is 0 Å². The van der Waals surface area contributed by atoms with Crippen molar-refractivity contribution in [3.05, 3.63) is 0 Å². The number of hydrogen-bond acceptors (Lipinski definition) is 3. The van der Waals surface area contributed by atoms with Gasteiger partial charge >= 0.3 is 48.1 Å². The zero-order valence-electron chi connectivity index (χ0n) is 13.6. The lowest BCUT2D eigenvalue weighted by Crippen LogP contribution is -2.67. The highest BCUT2D eigenvalue weighted by atomic mass is 19.4. The van der Waals surface area contributed by atoms with Gasteiger partial charge in [-0.25, -0.2) is 9.18 Å². The molecule has 0 bridgehead atoms. The van der Waals surface area contributed by atoms with Gasteiger partial charge in [-0.1, -0.05) is 0 Å². The van der Waals surface area contributed by atoms with Gasteiger partial charge in [-0.05, 0) is 0 Å². The summed E-state index contributed by atoms with van der Waals surface area (Å²) >= 11 is 0. The highest BCUT2D eigenvalue weighted by Crippen LogP contribution is 2.57. The lowest BCUT2D eigenvalue weighted by atomic mass is 9.98. The maximum Gasteiger partial charge on any atom is 0.508 e. The summed E-state index contributed by atoms with van der Waals surface area (Å²) in [6.07, 6.45) is -21.7. The molecule has 31 heavy (non-hydrogen) atoms. The molecule has 0 amide bonds. The SMILES string of the molecule is O=C(OCC(F)(F)[C@H](F)C(F)(F)F)OCC(F)(F)C(F)(F)C(F)(F)C(F)(F)C(F)(F)F. The molecule has 0 radical (unpaired) electrons. The molecule has 0 aromatic heterocycles. The first-order valence-corrected chi connectivity index (χ1v) is 6.72. The summed E-state index contributed by atoms with van der Waals surface area (Å²) in [6, 6.07) is 0. The monoisotopic (exact) mass is 508 g/mol. The standard InChI is InChI=1S/C11H5F17O3/c12-3(7(17,18)19)5(13,14)1-30-4(29)31-2-6(15,16)8(20,21)9(22,23)10(24,25)11(26,27)28/h3H,1-2H2/t3-/m0/s1. The van der Waals surface area contributed by atoms with E-state index in [2.05, 4.69) is 9.47 Å². The molecule has 1 atom stereocenters. The lowest BCUT2D eigenvalue weighted by molar-refractivity contribution is -0.423. The van der Waals surface area contributed by atoms with E-state index in [-0.39, 0.29) is 0 Å². The fourth-order valence-electron chi connectivity index (χ4n) is 1.35. The van der Waals surface area contributed by atoms with Crippen molar-refractivity contribution < 1.29 is 88.9 Å². The van der Waals surface area contributed by atoms with Crippen molar-refractivity contribution in [2.24, 2.45) is 0 Å². The molecular formula is C11H5F17O3. The van der Waals surface area contributed by atoms with Crippen LogP contribution in [0, 0.1) is 0 Å². The van der Waals surface area contributed by atoms with Gasteiger partial charge in [0.2, 0.25) is 0 Å². The van der Waals surface area contributed by atoms with Gasteiger partial charge in [-0.2, -0.15) is 70.2 Å². The number of ether oxygens (including phenoxy) is 2. The molecule has 0 heterocycles. The third-order valence-corrected chi connectivity index (χ3v) is 3.02. The van der Waals surface area contributed by atoms with E-state index >= 15 is 0 Å². The van der Waals surface area contributed by atoms with Crippen molar-refractivity contribution in [1.29, 1.82) is 0 Å². The van der Waals surface area contributed by atoms with Gasteiger partial charge in [0.15, 0.2) is 13.2 Å². The maximum atomic E-state index is 13.1. The summed E-state index contributed by atoms with van der Waals surface area (Å²) in [5.74, 6) is -35.5. The Morgan fingerprint density at radius 3 is 1.35 bits per heavy atom. The number of carbonyl (C=O) groups excluding carboxylic acids is 1. The smallest absolute Gasteiger partial charge is 0.428 e. The summed E-state index contributed by atoms with van der Waals surface area (Å²) in [6.45, 7) is -6.41. The number of carbonyl (C=O) groups is 1. The first-order valence-electron chi connectivity index (χ1n) is 6.72. The normalized spacial score (nSPS) is 16.2. The van der Waals surface area contributed by atoms with E-state index in [1.807, 2.05) is 0 Å². The highest BCUT2D eigenvalue weighted by Gasteiger charge is 2.87. The molecule has 20 heteroatoms. The Labute approximate surface area is 158 Å². The Morgan fingerprint density at radius 1 is 0.613 bits per heavy atom. The Bertz CT molecular complexity index is 634. The van der Waals surface area contributed by atoms with Crippen LogP contribution in [0.3, 0.4) is 0 Å². The Morgan fingerprint density at radius 2 is 1.00 bits per heavy atom. The molecule has 0 spiro atoms. The van der Waals surface area contributed by atoms with Crippen molar-refractivity contribution >= 4 is 6.16 Å². The molecule has 0 aliphatic heterocycles. The minimum atomic E-state index is -7.85. The van der Waals surface area contributed by atoms with Crippen LogP contribution in [0.15, 0.2) is 0 Å². The van der Waals surface area contributed by atoms with Crippen LogP contribution in [0.25, 0.3) is 0 Å². The van der Waals surface area contributed by atoms with Gasteiger partial charge in [0.25, 0.3) is 6.17 Å². The van der Waals surface area contributed by atoms with Crippen LogP contribution >= 0.6 is 0 Å². The highest BCUT2D eigenvalue weighted by molar-refractivity contribution is 5.60. The summed E-state index contributed by atoms with van der Waals surface area (Å²) in [4.78, 5) is 10.7. The molecule has 0 unspecified atom stereocenters. The van der Waals surface area contributed by atoms with Crippen molar-refractivity contribution in [1.82, 2.24) is 0 Å². The van der Waals surface area contributed by atoms with E-state index < -0.39 is 67.5 Å². The van der Waals surface area contributed by atoms with E-state index in [9.17, 15) is 79.4 Å². The predicted octanol–water partition coefficient (Wildman–Crippen LogP) is 5.78. The molecule has 0 aromatic carbocycles. The Kier molecular flexibility index (Phi) is 7.70. The molecule has 0 aliphatic carbocycles. The van der Waals surface area contributed by atoms with E-state index in [0.29, 0.717) is 0 Å². The molecule has 186 valence electrons. The Balaban J connectivity index is 5.32. The number of halogens is 17. The summed E-state index contributed by atoms with van der Waals surface area (Å²) in [5.41, 5.74) is 0. The topological polar surface area (TPSA) is 35.5 Å². The minimum absolute atomic E-state index is 2.86. The average molecular weight is 508 g/mol. The molecule has 0 aliphatic rings. The maximum absolute atomic E-state index is 13.1. The second kappa shape index (κ2) is 8.21. The first kappa shape index (κ1) is 29.1. The average Bonchev–Trinajstić information content (AvgIpc) is 2.55. The van der Waals surface area contributed by atoms with Crippen LogP contribution < -0.4 is 0 Å². The fraction of sp³-hybridized carbons (Fsp3) is 0.909. The Hall–Kier alpha value is -1.92. The zero-order chi connectivity index (χ0) is 25.5. The molecule has 0 N–H and O–H groups in total. The lowest BCUT2D eigenvalue weighted by Gasteiger charge is -2.36. The third kappa shape index (κ3) is 5.66. The van der Waals surface area contributed by atoms with Crippen molar-refractivity contribution in [2.75, 3.05) is 13.2 Å². The fourth-order valence-corrected chi connectivity index (χ4v) is 1.35. The summed E-state index contributed by atoms with van der Waals surface area (Å²) < 4.78 is 218. The van der Waals surface area contributed by atoms with Crippen LogP contribution in [-0.4, -0.2) is 67.5 Å². The van der Waals surface area contributed by atoms with Crippen LogP contribution in [0.1, 0.15) is 0 Å². The number of alkyl halides is 17. The van der Waals surface area contributed by atoms with Gasteiger partial charge in [0.05, 0.1) is 0 Å². The van der Waals surface area contributed by atoms with Crippen LogP contribution in [-0.2, 0) is 9.47 Å². The molecule has 0 aromatic rings. The second-order valence-electron chi connectivity index (χ2n) is 5.42. The molecule has 0 saturated heterocycles. The molecule has 3 nitrogen and oxygen atoms in total. The van der Waals surface area contributed by atoms with Gasteiger partial charge in [0.1, 0.15) is 0 Å².